The lowest BCUT2D eigenvalue weighted by atomic mass is 10.1. The molecule has 1 aromatic heterocycles. The van der Waals surface area contributed by atoms with E-state index < -0.39 is 0 Å². The molecule has 3 rings (SSSR count). The summed E-state index contributed by atoms with van der Waals surface area (Å²) in [5, 5.41) is 7.23. The van der Waals surface area contributed by atoms with Crippen molar-refractivity contribution in [2.75, 3.05) is 18.5 Å². The Bertz CT molecular complexity index is 656. The maximum atomic E-state index is 12.1. The van der Waals surface area contributed by atoms with Crippen LogP contribution in [0.2, 0.25) is 5.02 Å². The van der Waals surface area contributed by atoms with Gasteiger partial charge in [0.2, 0.25) is 0 Å². The number of nitrogens with one attached hydrogen (secondary N) is 2. The molecule has 1 fully saturated rings. The van der Waals surface area contributed by atoms with Crippen LogP contribution in [0.3, 0.4) is 0 Å². The number of amides is 2. The number of hydrogen-bond acceptors (Lipinski definition) is 3. The molecule has 2 amide bonds. The molecule has 1 aliphatic heterocycles. The van der Waals surface area contributed by atoms with E-state index in [1.807, 2.05) is 12.1 Å². The molecule has 0 unspecified atom stereocenters. The predicted molar refractivity (Wildman–Crippen MR) is 82.7 cm³/mol. The number of rotatable bonds is 2. The minimum absolute atomic E-state index is 0.162. The van der Waals surface area contributed by atoms with Gasteiger partial charge in [-0.15, -0.1) is 0 Å². The number of fused-ring (bicyclic) bond motifs is 1. The van der Waals surface area contributed by atoms with Crippen LogP contribution in [0.15, 0.2) is 30.5 Å². The molecule has 1 aromatic carbocycles. The van der Waals surface area contributed by atoms with Gasteiger partial charge in [-0.1, -0.05) is 11.6 Å². The van der Waals surface area contributed by atoms with Crippen molar-refractivity contribution >= 4 is 34.2 Å². The van der Waals surface area contributed by atoms with E-state index in [1.54, 1.807) is 18.3 Å². The van der Waals surface area contributed by atoms with Crippen LogP contribution in [0.5, 0.6) is 0 Å². The van der Waals surface area contributed by atoms with Gasteiger partial charge in [-0.2, -0.15) is 0 Å². The monoisotopic (exact) mass is 305 g/mol. The fourth-order valence-corrected chi connectivity index (χ4v) is 2.65. The Morgan fingerprint density at radius 3 is 2.90 bits per heavy atom. The zero-order chi connectivity index (χ0) is 14.7. The maximum Gasteiger partial charge on any atom is 0.319 e. The Morgan fingerprint density at radius 1 is 1.29 bits per heavy atom. The number of anilines is 1. The minimum atomic E-state index is -0.214. The Balaban J connectivity index is 1.75. The lowest BCUT2D eigenvalue weighted by molar-refractivity contribution is 0.0806. The van der Waals surface area contributed by atoms with Crippen molar-refractivity contribution in [1.29, 1.82) is 0 Å². The van der Waals surface area contributed by atoms with Gasteiger partial charge >= 0.3 is 6.03 Å². The van der Waals surface area contributed by atoms with Crippen molar-refractivity contribution in [3.63, 3.8) is 0 Å². The number of urea groups is 1. The molecule has 1 aliphatic rings. The average Bonchev–Trinajstić information content (AvgIpc) is 2.51. The molecular weight excluding hydrogens is 290 g/mol. The first-order valence-corrected chi connectivity index (χ1v) is 7.30. The third-order valence-electron chi connectivity index (χ3n) is 3.53. The van der Waals surface area contributed by atoms with Crippen LogP contribution in [0.4, 0.5) is 10.5 Å². The molecule has 0 radical (unpaired) electrons. The Hall–Kier alpha value is -1.85. The summed E-state index contributed by atoms with van der Waals surface area (Å²) in [6.07, 6.45) is 3.37. The van der Waals surface area contributed by atoms with Crippen molar-refractivity contribution < 1.29 is 9.53 Å². The van der Waals surface area contributed by atoms with Gasteiger partial charge in [-0.25, -0.2) is 4.79 Å². The van der Waals surface area contributed by atoms with Crippen molar-refractivity contribution in [2.24, 2.45) is 0 Å². The zero-order valence-corrected chi connectivity index (χ0v) is 12.2. The summed E-state index contributed by atoms with van der Waals surface area (Å²) in [5.41, 5.74) is 1.38. The highest BCUT2D eigenvalue weighted by atomic mass is 35.5. The fraction of sp³-hybridized carbons (Fsp3) is 0.333. The molecule has 21 heavy (non-hydrogen) atoms. The number of carbonyl (C=O) groups is 1. The normalized spacial score (nSPS) is 15.9. The van der Waals surface area contributed by atoms with Crippen molar-refractivity contribution in [2.45, 2.75) is 18.9 Å². The van der Waals surface area contributed by atoms with Gasteiger partial charge in [0, 0.05) is 30.8 Å². The number of ether oxygens (including phenoxy) is 1. The van der Waals surface area contributed by atoms with Gasteiger partial charge in [0.25, 0.3) is 0 Å². The zero-order valence-electron chi connectivity index (χ0n) is 11.4. The molecule has 0 atom stereocenters. The summed E-state index contributed by atoms with van der Waals surface area (Å²) in [6.45, 7) is 1.39. The number of pyridine rings is 1. The highest BCUT2D eigenvalue weighted by Gasteiger charge is 2.16. The average molecular weight is 306 g/mol. The van der Waals surface area contributed by atoms with Crippen LogP contribution in [0.25, 0.3) is 10.9 Å². The van der Waals surface area contributed by atoms with Crippen LogP contribution in [0, 0.1) is 0 Å². The Labute approximate surface area is 127 Å². The molecule has 110 valence electrons. The lowest BCUT2D eigenvalue weighted by Gasteiger charge is -2.23. The summed E-state index contributed by atoms with van der Waals surface area (Å²) in [7, 11) is 0. The van der Waals surface area contributed by atoms with Crippen molar-refractivity contribution in [1.82, 2.24) is 10.3 Å². The van der Waals surface area contributed by atoms with Gasteiger partial charge in [-0.05, 0) is 37.1 Å². The lowest BCUT2D eigenvalue weighted by Crippen LogP contribution is -2.41. The SMILES string of the molecule is O=C(Nc1ccc(Cl)c2ncccc12)NC1CCOCC1. The topological polar surface area (TPSA) is 63.2 Å². The molecule has 6 heteroatoms. The molecule has 0 saturated carbocycles. The van der Waals surface area contributed by atoms with E-state index in [-0.39, 0.29) is 12.1 Å². The number of benzene rings is 1. The highest BCUT2D eigenvalue weighted by molar-refractivity contribution is 6.35. The Morgan fingerprint density at radius 2 is 2.10 bits per heavy atom. The van der Waals surface area contributed by atoms with E-state index >= 15 is 0 Å². The first-order valence-electron chi connectivity index (χ1n) is 6.92. The van der Waals surface area contributed by atoms with E-state index in [1.165, 1.54) is 0 Å². The van der Waals surface area contributed by atoms with Crippen molar-refractivity contribution in [3.05, 3.63) is 35.5 Å². The number of hydrogen-bond donors (Lipinski definition) is 2. The van der Waals surface area contributed by atoms with Gasteiger partial charge in [0.05, 0.1) is 16.2 Å². The molecule has 2 N–H and O–H groups in total. The second kappa shape index (κ2) is 6.28. The van der Waals surface area contributed by atoms with E-state index in [0.717, 1.165) is 18.2 Å². The predicted octanol–water partition coefficient (Wildman–Crippen LogP) is 3.19. The number of halogens is 1. The van der Waals surface area contributed by atoms with Crippen LogP contribution in [-0.4, -0.2) is 30.3 Å². The number of aromatic nitrogens is 1. The summed E-state index contributed by atoms with van der Waals surface area (Å²) in [4.78, 5) is 16.3. The third kappa shape index (κ3) is 3.25. The molecule has 2 heterocycles. The maximum absolute atomic E-state index is 12.1. The number of carbonyl (C=O) groups excluding carboxylic acids is 1. The van der Waals surface area contributed by atoms with Gasteiger partial charge < -0.3 is 15.4 Å². The van der Waals surface area contributed by atoms with Crippen LogP contribution in [-0.2, 0) is 4.74 Å². The molecule has 0 aliphatic carbocycles. The Kier molecular flexibility index (Phi) is 4.22. The first-order chi connectivity index (χ1) is 10.2. The van der Waals surface area contributed by atoms with Crippen LogP contribution < -0.4 is 10.6 Å². The van der Waals surface area contributed by atoms with E-state index in [0.29, 0.717) is 29.4 Å². The minimum Gasteiger partial charge on any atom is -0.381 e. The second-order valence-corrected chi connectivity index (χ2v) is 5.39. The smallest absolute Gasteiger partial charge is 0.319 e. The quantitative estimate of drug-likeness (QED) is 0.895. The summed E-state index contributed by atoms with van der Waals surface area (Å²) in [6, 6.07) is 7.18. The standard InChI is InChI=1S/C15H16ClN3O2/c16-12-3-4-13(11-2-1-7-17-14(11)12)19-15(20)18-10-5-8-21-9-6-10/h1-4,7,10H,5-6,8-9H2,(H2,18,19,20). The summed E-state index contributed by atoms with van der Waals surface area (Å²) >= 11 is 6.12. The molecule has 0 bridgehead atoms. The fourth-order valence-electron chi connectivity index (χ4n) is 2.43. The van der Waals surface area contributed by atoms with E-state index in [4.69, 9.17) is 16.3 Å². The van der Waals surface area contributed by atoms with Gasteiger partial charge in [0.1, 0.15) is 0 Å². The van der Waals surface area contributed by atoms with Gasteiger partial charge in [-0.3, -0.25) is 4.98 Å². The molecule has 2 aromatic rings. The van der Waals surface area contributed by atoms with E-state index in [9.17, 15) is 4.79 Å². The molecule has 5 nitrogen and oxygen atoms in total. The molecule has 1 saturated heterocycles. The van der Waals surface area contributed by atoms with Crippen molar-refractivity contribution in [3.8, 4) is 0 Å². The molecule has 0 spiro atoms. The number of nitrogens with zero attached hydrogens (tertiary/aromatic N) is 1. The van der Waals surface area contributed by atoms with Crippen LogP contribution in [0.1, 0.15) is 12.8 Å². The van der Waals surface area contributed by atoms with Gasteiger partial charge in [0.15, 0.2) is 0 Å². The largest absolute Gasteiger partial charge is 0.381 e. The van der Waals surface area contributed by atoms with Crippen LogP contribution >= 0.6 is 11.6 Å². The summed E-state index contributed by atoms with van der Waals surface area (Å²) in [5.74, 6) is 0. The second-order valence-electron chi connectivity index (χ2n) is 4.98. The third-order valence-corrected chi connectivity index (χ3v) is 3.83. The first kappa shape index (κ1) is 14.1. The highest BCUT2D eigenvalue weighted by Crippen LogP contribution is 2.27. The van der Waals surface area contributed by atoms with E-state index in [2.05, 4.69) is 15.6 Å². The summed E-state index contributed by atoms with van der Waals surface area (Å²) < 4.78 is 5.28. The molecular formula is C15H16ClN3O2.